The van der Waals surface area contributed by atoms with Crippen LogP contribution in [0.5, 0.6) is 5.75 Å². The van der Waals surface area contributed by atoms with Gasteiger partial charge in [-0.1, -0.05) is 32.3 Å². The number of benzene rings is 1. The number of phenolic OH excluding ortho intramolecular Hbond substituents is 1. The predicted octanol–water partition coefficient (Wildman–Crippen LogP) is 3.35. The van der Waals surface area contributed by atoms with Crippen LogP contribution in [0.1, 0.15) is 56.6 Å². The lowest BCUT2D eigenvalue weighted by atomic mass is 9.99. The van der Waals surface area contributed by atoms with Crippen LogP contribution in [-0.4, -0.2) is 52.8 Å². The number of likely N-dealkylation sites (tertiary alicyclic amines) is 1. The first kappa shape index (κ1) is 22.8. The van der Waals surface area contributed by atoms with E-state index >= 15 is 0 Å². The highest BCUT2D eigenvalue weighted by Crippen LogP contribution is 2.28. The zero-order valence-corrected chi connectivity index (χ0v) is 17.9. The molecule has 1 atom stereocenters. The number of unbranched alkanes of at least 4 members (excludes halogenated alkanes) is 4. The topological polar surface area (TPSA) is 88.6 Å². The number of nitrogens with one attached hydrogen (secondary N) is 2. The number of rotatable bonds is 11. The number of nitrogens with zero attached hydrogens (tertiary/aromatic N) is 1. The number of aromatic nitrogens is 1. The molecule has 165 valence electrons. The van der Waals surface area contributed by atoms with Gasteiger partial charge in [0.15, 0.2) is 0 Å². The van der Waals surface area contributed by atoms with Gasteiger partial charge in [-0.15, -0.1) is 0 Å². The van der Waals surface area contributed by atoms with Crippen LogP contribution in [0.2, 0.25) is 0 Å². The van der Waals surface area contributed by atoms with Crippen LogP contribution in [0.25, 0.3) is 10.9 Å². The lowest BCUT2D eigenvalue weighted by molar-refractivity contribution is 0.176. The maximum Gasteiger partial charge on any atom is 0.248 e. The second kappa shape index (κ2) is 11.5. The Morgan fingerprint density at radius 1 is 1.10 bits per heavy atom. The van der Waals surface area contributed by atoms with Crippen molar-refractivity contribution in [2.75, 3.05) is 32.7 Å². The second-order valence-electron chi connectivity index (χ2n) is 8.56. The second-order valence-corrected chi connectivity index (χ2v) is 8.56. The molecule has 3 rings (SSSR count). The molecule has 2 aromatic rings. The SMILES string of the molecule is [CH2]C1CCN(CCCCCCCNC[C@H](O)c2ccc(O)c3[nH]c(=O)ccc23)CC1. The van der Waals surface area contributed by atoms with Crippen LogP contribution in [0.4, 0.5) is 0 Å². The summed E-state index contributed by atoms with van der Waals surface area (Å²) in [5.41, 5.74) is 0.801. The van der Waals surface area contributed by atoms with Crippen LogP contribution < -0.4 is 10.9 Å². The number of hydrogen-bond donors (Lipinski definition) is 4. The summed E-state index contributed by atoms with van der Waals surface area (Å²) < 4.78 is 0. The van der Waals surface area contributed by atoms with Gasteiger partial charge in [0.05, 0.1) is 11.6 Å². The van der Waals surface area contributed by atoms with Crippen LogP contribution in [-0.2, 0) is 0 Å². The number of piperidine rings is 1. The van der Waals surface area contributed by atoms with Crippen molar-refractivity contribution in [2.45, 2.75) is 51.0 Å². The van der Waals surface area contributed by atoms with Crippen molar-refractivity contribution in [3.8, 4) is 5.75 Å². The van der Waals surface area contributed by atoms with E-state index in [2.05, 4.69) is 22.1 Å². The average molecular weight is 415 g/mol. The lowest BCUT2D eigenvalue weighted by Gasteiger charge is -2.30. The van der Waals surface area contributed by atoms with Gasteiger partial charge in [0.25, 0.3) is 0 Å². The molecule has 4 N–H and O–H groups in total. The maximum atomic E-state index is 11.5. The third-order valence-corrected chi connectivity index (χ3v) is 6.14. The lowest BCUT2D eigenvalue weighted by Crippen LogP contribution is -2.33. The highest BCUT2D eigenvalue weighted by Gasteiger charge is 2.15. The van der Waals surface area contributed by atoms with Gasteiger partial charge >= 0.3 is 0 Å². The van der Waals surface area contributed by atoms with Crippen molar-refractivity contribution in [1.29, 1.82) is 0 Å². The van der Waals surface area contributed by atoms with Gasteiger partial charge in [-0.05, 0) is 75.5 Å². The number of aliphatic hydroxyl groups excluding tert-OH is 1. The van der Waals surface area contributed by atoms with E-state index in [9.17, 15) is 15.0 Å². The molecule has 0 aliphatic carbocycles. The summed E-state index contributed by atoms with van der Waals surface area (Å²) in [4.78, 5) is 16.7. The maximum absolute atomic E-state index is 11.5. The quantitative estimate of drug-likeness (QED) is 0.424. The van der Waals surface area contributed by atoms with Gasteiger partial charge < -0.3 is 25.4 Å². The van der Waals surface area contributed by atoms with Crippen molar-refractivity contribution >= 4 is 10.9 Å². The molecule has 1 aliphatic heterocycles. The monoisotopic (exact) mass is 414 g/mol. The summed E-state index contributed by atoms with van der Waals surface area (Å²) in [5.74, 6) is 0.669. The number of aromatic hydroxyl groups is 1. The first-order chi connectivity index (χ1) is 14.5. The number of fused-ring (bicyclic) bond motifs is 1. The molecule has 1 saturated heterocycles. The molecule has 1 radical (unpaired) electrons. The zero-order chi connectivity index (χ0) is 21.3. The van der Waals surface area contributed by atoms with Gasteiger partial charge in [0, 0.05) is 18.0 Å². The third-order valence-electron chi connectivity index (χ3n) is 6.14. The summed E-state index contributed by atoms with van der Waals surface area (Å²) in [5, 5.41) is 24.5. The molecule has 1 aromatic carbocycles. The number of hydrogen-bond acceptors (Lipinski definition) is 5. The molecule has 6 heteroatoms. The van der Waals surface area contributed by atoms with E-state index < -0.39 is 6.10 Å². The first-order valence-electron chi connectivity index (χ1n) is 11.3. The van der Waals surface area contributed by atoms with Crippen molar-refractivity contribution in [1.82, 2.24) is 15.2 Å². The molecule has 0 spiro atoms. The Kier molecular flexibility index (Phi) is 8.73. The third kappa shape index (κ3) is 6.56. The normalized spacial score (nSPS) is 16.9. The highest BCUT2D eigenvalue weighted by molar-refractivity contribution is 5.87. The van der Waals surface area contributed by atoms with Crippen LogP contribution in [0, 0.1) is 12.8 Å². The Labute approximate surface area is 179 Å². The van der Waals surface area contributed by atoms with Gasteiger partial charge in [-0.25, -0.2) is 0 Å². The fraction of sp³-hybridized carbons (Fsp3) is 0.583. The summed E-state index contributed by atoms with van der Waals surface area (Å²) in [6, 6.07) is 6.28. The Hall–Kier alpha value is -1.89. The minimum Gasteiger partial charge on any atom is -0.506 e. The van der Waals surface area contributed by atoms with Crippen LogP contribution >= 0.6 is 0 Å². The Morgan fingerprint density at radius 3 is 2.63 bits per heavy atom. The fourth-order valence-corrected chi connectivity index (χ4v) is 4.22. The molecule has 0 saturated carbocycles. The molecule has 1 aromatic heterocycles. The highest BCUT2D eigenvalue weighted by atomic mass is 16.3. The van der Waals surface area contributed by atoms with Crippen LogP contribution in [0.3, 0.4) is 0 Å². The van der Waals surface area contributed by atoms with Gasteiger partial charge in [-0.2, -0.15) is 0 Å². The fourth-order valence-electron chi connectivity index (χ4n) is 4.22. The molecule has 30 heavy (non-hydrogen) atoms. The Balaban J connectivity index is 1.29. The molecule has 6 nitrogen and oxygen atoms in total. The van der Waals surface area contributed by atoms with E-state index in [1.54, 1.807) is 12.1 Å². The van der Waals surface area contributed by atoms with Gasteiger partial charge in [0.2, 0.25) is 5.56 Å². The van der Waals surface area contributed by atoms with E-state index in [1.807, 2.05) is 0 Å². The number of pyridine rings is 1. The standard InChI is InChI=1S/C24H36N3O3/c1-18-11-15-27(16-12-18)14-6-4-2-3-5-13-25-17-22(29)19-7-9-21(28)24-20(19)8-10-23(30)26-24/h7-10,18,22,25,28-29H,1-6,11-17H2,(H,26,30)/t22-/m0/s1. The Morgan fingerprint density at radius 2 is 1.83 bits per heavy atom. The van der Waals surface area contributed by atoms with Crippen molar-refractivity contribution in [3.05, 3.63) is 47.1 Å². The smallest absolute Gasteiger partial charge is 0.248 e. The van der Waals surface area contributed by atoms with Gasteiger partial charge in [0.1, 0.15) is 5.75 Å². The molecule has 0 unspecified atom stereocenters. The van der Waals surface area contributed by atoms with E-state index in [1.165, 1.54) is 70.3 Å². The first-order valence-corrected chi connectivity index (χ1v) is 11.3. The zero-order valence-electron chi connectivity index (χ0n) is 17.9. The molecular formula is C24H36N3O3. The summed E-state index contributed by atoms with van der Waals surface area (Å²) in [6.07, 6.45) is 7.92. The van der Waals surface area contributed by atoms with Crippen LogP contribution in [0.15, 0.2) is 29.1 Å². The minimum atomic E-state index is -0.693. The van der Waals surface area contributed by atoms with Crippen molar-refractivity contribution in [3.63, 3.8) is 0 Å². The summed E-state index contributed by atoms with van der Waals surface area (Å²) >= 11 is 0. The summed E-state index contributed by atoms with van der Waals surface area (Å²) in [7, 11) is 0. The molecular weight excluding hydrogens is 378 g/mol. The van der Waals surface area contributed by atoms with Crippen molar-refractivity contribution in [2.24, 2.45) is 5.92 Å². The average Bonchev–Trinajstić information content (AvgIpc) is 2.74. The molecule has 1 aliphatic rings. The van der Waals surface area contributed by atoms with E-state index in [-0.39, 0.29) is 11.3 Å². The Bertz CT molecular complexity index is 843. The van der Waals surface area contributed by atoms with Crippen molar-refractivity contribution < 1.29 is 10.2 Å². The molecule has 2 heterocycles. The van der Waals surface area contributed by atoms with E-state index in [0.29, 0.717) is 28.9 Å². The number of aromatic amines is 1. The van der Waals surface area contributed by atoms with E-state index in [0.717, 1.165) is 13.0 Å². The van der Waals surface area contributed by atoms with Gasteiger partial charge in [-0.3, -0.25) is 4.79 Å². The van der Waals surface area contributed by atoms with E-state index in [4.69, 9.17) is 0 Å². The minimum absolute atomic E-state index is 0.0125. The number of H-pyrrole nitrogens is 1. The molecule has 0 bridgehead atoms. The largest absolute Gasteiger partial charge is 0.506 e. The molecule has 0 amide bonds. The summed E-state index contributed by atoms with van der Waals surface area (Å²) in [6.45, 7) is 9.13. The number of aliphatic hydroxyl groups is 1. The predicted molar refractivity (Wildman–Crippen MR) is 122 cm³/mol. The number of phenols is 1. The molecule has 1 fully saturated rings.